The quantitative estimate of drug-likeness (QED) is 0.640. The Kier molecular flexibility index (Phi) is 7.03. The highest BCUT2D eigenvalue weighted by Gasteiger charge is 2.40. The second kappa shape index (κ2) is 9.96. The minimum absolute atomic E-state index is 0.0837. The Hall–Kier alpha value is -2.86. The van der Waals surface area contributed by atoms with E-state index in [1.54, 1.807) is 13.3 Å². The van der Waals surface area contributed by atoms with Crippen molar-refractivity contribution < 1.29 is 9.53 Å². The highest BCUT2D eigenvalue weighted by atomic mass is 16.5. The van der Waals surface area contributed by atoms with Gasteiger partial charge in [-0.25, -0.2) is 4.98 Å². The molecular formula is C27H36N4O2. The van der Waals surface area contributed by atoms with Crippen LogP contribution in [0.1, 0.15) is 59.3 Å². The van der Waals surface area contributed by atoms with Crippen molar-refractivity contribution in [2.75, 3.05) is 38.7 Å². The average Bonchev–Trinajstić information content (AvgIpc) is 3.27. The number of allylic oxidation sites excluding steroid dienone is 1. The lowest BCUT2D eigenvalue weighted by Crippen LogP contribution is -2.52. The van der Waals surface area contributed by atoms with Gasteiger partial charge in [-0.15, -0.1) is 0 Å². The molecule has 1 aromatic heterocycles. The molecular weight excluding hydrogens is 412 g/mol. The molecule has 0 spiro atoms. The largest absolute Gasteiger partial charge is 0.496 e. The third kappa shape index (κ3) is 4.62. The second-order valence-electron chi connectivity index (χ2n) is 9.15. The predicted octanol–water partition coefficient (Wildman–Crippen LogP) is 4.73. The van der Waals surface area contributed by atoms with Crippen molar-refractivity contribution in [3.63, 3.8) is 0 Å². The Balaban J connectivity index is 1.42. The lowest BCUT2D eigenvalue weighted by Gasteiger charge is -2.40. The molecule has 6 nitrogen and oxygen atoms in total. The van der Waals surface area contributed by atoms with Crippen molar-refractivity contribution in [3.8, 4) is 5.75 Å². The van der Waals surface area contributed by atoms with Gasteiger partial charge in [0.05, 0.1) is 12.7 Å². The first kappa shape index (κ1) is 23.3. The molecule has 0 radical (unpaired) electrons. The van der Waals surface area contributed by atoms with E-state index in [2.05, 4.69) is 48.9 Å². The number of hydrogen-bond donors (Lipinski definition) is 0. The molecule has 2 aliphatic heterocycles. The lowest BCUT2D eigenvalue weighted by atomic mass is 9.95. The molecule has 2 aliphatic rings. The number of hydrogen-bond acceptors (Lipinski definition) is 5. The molecule has 2 aromatic rings. The summed E-state index contributed by atoms with van der Waals surface area (Å²) in [7, 11) is 3.70. The number of benzene rings is 1. The number of carbonyl (C=O) groups excluding carboxylic acids is 1. The van der Waals surface area contributed by atoms with E-state index in [1.165, 1.54) is 16.7 Å². The first-order chi connectivity index (χ1) is 15.9. The van der Waals surface area contributed by atoms with E-state index in [0.717, 1.165) is 50.5 Å². The van der Waals surface area contributed by atoms with Gasteiger partial charge in [0.1, 0.15) is 11.6 Å². The van der Waals surface area contributed by atoms with Crippen molar-refractivity contribution >= 4 is 11.7 Å². The summed E-state index contributed by atoms with van der Waals surface area (Å²) in [5.41, 5.74) is 4.61. The number of anilines is 1. The number of piperazine rings is 1. The molecule has 3 heterocycles. The number of aromatic nitrogens is 1. The number of ether oxygens (including phenoxy) is 1. The van der Waals surface area contributed by atoms with Crippen molar-refractivity contribution in [3.05, 3.63) is 65.0 Å². The highest BCUT2D eigenvalue weighted by molar-refractivity contribution is 5.94. The predicted molar refractivity (Wildman–Crippen MR) is 133 cm³/mol. The van der Waals surface area contributed by atoms with Crippen LogP contribution >= 0.6 is 0 Å². The number of carbonyl (C=O) groups is 1. The molecule has 6 heteroatoms. The molecule has 2 fully saturated rings. The van der Waals surface area contributed by atoms with E-state index in [4.69, 9.17) is 4.74 Å². The molecule has 176 valence electrons. The topological polar surface area (TPSA) is 48.9 Å². The van der Waals surface area contributed by atoms with Gasteiger partial charge in [0.2, 0.25) is 0 Å². The number of methoxy groups -OCH3 is 1. The molecule has 0 N–H and O–H groups in total. The Morgan fingerprint density at radius 3 is 2.70 bits per heavy atom. The van der Waals surface area contributed by atoms with E-state index < -0.39 is 0 Å². The standard InChI is InChI=1S/C27H36N4O2/c1-6-7-14-29(4)26-13-8-21(17-28-26)27(32)30-15-16-31-22(18-30)9-11-24(31)23-10-12-25(33-5)20(3)19(23)2/h7-8,10,12-14,17,22,24H,6,9,11,15-16,18H2,1-5H3/b14-7-/t22?,24-/m1/s1. The van der Waals surface area contributed by atoms with Gasteiger partial charge in [-0.2, -0.15) is 0 Å². The second-order valence-corrected chi connectivity index (χ2v) is 9.15. The van der Waals surface area contributed by atoms with Crippen molar-refractivity contribution in [2.24, 2.45) is 0 Å². The van der Waals surface area contributed by atoms with E-state index >= 15 is 0 Å². The third-order valence-electron chi connectivity index (χ3n) is 7.27. The Morgan fingerprint density at radius 1 is 1.18 bits per heavy atom. The normalized spacial score (nSPS) is 20.8. The van der Waals surface area contributed by atoms with E-state index in [0.29, 0.717) is 17.6 Å². The fourth-order valence-electron chi connectivity index (χ4n) is 5.21. The fourth-order valence-corrected chi connectivity index (χ4v) is 5.21. The van der Waals surface area contributed by atoms with Crippen LogP contribution in [-0.2, 0) is 0 Å². The molecule has 0 saturated carbocycles. The molecule has 4 rings (SSSR count). The van der Waals surface area contributed by atoms with Crippen LogP contribution in [0, 0.1) is 13.8 Å². The summed E-state index contributed by atoms with van der Waals surface area (Å²) in [5.74, 6) is 1.87. The van der Waals surface area contributed by atoms with Crippen LogP contribution in [0.15, 0.2) is 42.7 Å². The number of fused-ring (bicyclic) bond motifs is 1. The number of nitrogens with zero attached hydrogens (tertiary/aromatic N) is 4. The monoisotopic (exact) mass is 448 g/mol. The van der Waals surface area contributed by atoms with Gasteiger partial charge < -0.3 is 14.5 Å². The Morgan fingerprint density at radius 2 is 2.00 bits per heavy atom. The van der Waals surface area contributed by atoms with Gasteiger partial charge in [0.15, 0.2) is 0 Å². The molecule has 1 amide bonds. The average molecular weight is 449 g/mol. The summed E-state index contributed by atoms with van der Waals surface area (Å²) < 4.78 is 5.50. The zero-order valence-corrected chi connectivity index (χ0v) is 20.5. The minimum atomic E-state index is 0.0837. The molecule has 1 aromatic carbocycles. The van der Waals surface area contributed by atoms with Gasteiger partial charge in [-0.3, -0.25) is 9.69 Å². The maximum atomic E-state index is 13.2. The zero-order chi connectivity index (χ0) is 23.5. The lowest BCUT2D eigenvalue weighted by molar-refractivity contribution is 0.0497. The summed E-state index contributed by atoms with van der Waals surface area (Å²) >= 11 is 0. The number of rotatable bonds is 6. The van der Waals surface area contributed by atoms with Gasteiger partial charge in [0.25, 0.3) is 5.91 Å². The number of amides is 1. The van der Waals surface area contributed by atoms with Crippen LogP contribution in [0.4, 0.5) is 5.82 Å². The van der Waals surface area contributed by atoms with Crippen molar-refractivity contribution in [1.29, 1.82) is 0 Å². The van der Waals surface area contributed by atoms with Crippen LogP contribution in [0.3, 0.4) is 0 Å². The van der Waals surface area contributed by atoms with Crippen molar-refractivity contribution in [2.45, 2.75) is 52.1 Å². The van der Waals surface area contributed by atoms with Gasteiger partial charge in [-0.1, -0.05) is 19.1 Å². The SMILES string of the molecule is CC/C=C\N(C)c1ccc(C(=O)N2CCN3C(CC[C@@H]3c3ccc(OC)c(C)c3C)C2)cn1. The van der Waals surface area contributed by atoms with Crippen LogP contribution in [0.25, 0.3) is 0 Å². The molecule has 2 atom stereocenters. The molecule has 1 unspecified atom stereocenters. The molecule has 2 saturated heterocycles. The minimum Gasteiger partial charge on any atom is -0.496 e. The van der Waals surface area contributed by atoms with Crippen LogP contribution in [0.2, 0.25) is 0 Å². The summed E-state index contributed by atoms with van der Waals surface area (Å²) in [6.45, 7) is 8.88. The maximum absolute atomic E-state index is 13.2. The zero-order valence-electron chi connectivity index (χ0n) is 20.5. The maximum Gasteiger partial charge on any atom is 0.255 e. The summed E-state index contributed by atoms with van der Waals surface area (Å²) in [5, 5.41) is 0. The smallest absolute Gasteiger partial charge is 0.255 e. The van der Waals surface area contributed by atoms with Gasteiger partial charge >= 0.3 is 0 Å². The first-order valence-electron chi connectivity index (χ1n) is 12.0. The van der Waals surface area contributed by atoms with E-state index in [-0.39, 0.29) is 5.91 Å². The van der Waals surface area contributed by atoms with Crippen LogP contribution in [0.5, 0.6) is 5.75 Å². The molecule has 33 heavy (non-hydrogen) atoms. The van der Waals surface area contributed by atoms with Crippen molar-refractivity contribution in [1.82, 2.24) is 14.8 Å². The van der Waals surface area contributed by atoms with Crippen LogP contribution < -0.4 is 9.64 Å². The molecule has 0 aliphatic carbocycles. The first-order valence-corrected chi connectivity index (χ1v) is 12.0. The Labute approximate surface area is 197 Å². The highest BCUT2D eigenvalue weighted by Crippen LogP contribution is 2.41. The fraction of sp³-hybridized carbons (Fsp3) is 0.481. The van der Waals surface area contributed by atoms with Crippen LogP contribution in [-0.4, -0.2) is 60.5 Å². The summed E-state index contributed by atoms with van der Waals surface area (Å²) in [6.07, 6.45) is 9.03. The molecule has 0 bridgehead atoms. The van der Waals surface area contributed by atoms with Gasteiger partial charge in [0, 0.05) is 51.2 Å². The Bertz CT molecular complexity index is 1020. The third-order valence-corrected chi connectivity index (χ3v) is 7.27. The van der Waals surface area contributed by atoms with E-state index in [9.17, 15) is 4.79 Å². The summed E-state index contributed by atoms with van der Waals surface area (Å²) in [6, 6.07) is 8.97. The summed E-state index contributed by atoms with van der Waals surface area (Å²) in [4.78, 5) is 24.3. The number of pyridine rings is 1. The van der Waals surface area contributed by atoms with E-state index in [1.807, 2.05) is 35.2 Å². The van der Waals surface area contributed by atoms with Gasteiger partial charge in [-0.05, 0) is 68.0 Å².